The molecule has 0 fully saturated rings. The van der Waals surface area contributed by atoms with Crippen molar-refractivity contribution < 1.29 is 14.7 Å². The van der Waals surface area contributed by atoms with Crippen LogP contribution in [0.3, 0.4) is 0 Å². The molecule has 3 N–H and O–H groups in total. The second-order valence-corrected chi connectivity index (χ2v) is 6.91. The second kappa shape index (κ2) is 13.9. The standard InChI is InChI=1S/C12H27N.H3O3PS/c1-4-7-10-13(11-8-5-2)12-9-6-3;1-4(2,3)5/h4-12H2,1-3H3;(H3,1,2,3,5). The molecule has 0 aliphatic carbocycles. The molecule has 0 bridgehead atoms. The van der Waals surface area contributed by atoms with Crippen molar-refractivity contribution >= 4 is 18.5 Å². The highest BCUT2D eigenvalue weighted by molar-refractivity contribution is 8.06. The third-order valence-electron chi connectivity index (χ3n) is 2.48. The zero-order chi connectivity index (χ0) is 14.4. The SMILES string of the molecule is CCCCN(CCCC)CCCC.OP(O)(O)=S. The largest absolute Gasteiger partial charge is 0.325 e. The van der Waals surface area contributed by atoms with Gasteiger partial charge in [-0.3, -0.25) is 0 Å². The first-order chi connectivity index (χ1) is 8.35. The molecule has 0 atom stereocenters. The van der Waals surface area contributed by atoms with Crippen LogP contribution in [0.5, 0.6) is 0 Å². The van der Waals surface area contributed by atoms with E-state index < -0.39 is 6.72 Å². The number of hydrogen-bond acceptors (Lipinski definition) is 2. The van der Waals surface area contributed by atoms with Crippen LogP contribution in [0.1, 0.15) is 59.3 Å². The van der Waals surface area contributed by atoms with E-state index in [1.165, 1.54) is 58.2 Å². The van der Waals surface area contributed by atoms with Crippen molar-refractivity contribution in [3.05, 3.63) is 0 Å². The van der Waals surface area contributed by atoms with E-state index in [9.17, 15) is 0 Å². The number of nitrogens with zero attached hydrogens (tertiary/aromatic N) is 1. The molecule has 0 aromatic rings. The molecule has 0 aromatic carbocycles. The molecule has 0 aromatic heterocycles. The van der Waals surface area contributed by atoms with Crippen LogP contribution in [-0.4, -0.2) is 39.2 Å². The molecule has 0 heterocycles. The Labute approximate surface area is 117 Å². The summed E-state index contributed by atoms with van der Waals surface area (Å²) < 4.78 is 0. The van der Waals surface area contributed by atoms with Crippen LogP contribution in [-0.2, 0) is 11.8 Å². The van der Waals surface area contributed by atoms with Crippen LogP contribution in [0.25, 0.3) is 0 Å². The van der Waals surface area contributed by atoms with Gasteiger partial charge in [-0.15, -0.1) is 0 Å². The van der Waals surface area contributed by atoms with Crippen LogP contribution < -0.4 is 0 Å². The Morgan fingerprint density at radius 3 is 1.17 bits per heavy atom. The quantitative estimate of drug-likeness (QED) is 0.571. The molecule has 0 radical (unpaired) electrons. The molecule has 0 amide bonds. The van der Waals surface area contributed by atoms with Crippen LogP contribution in [0.4, 0.5) is 0 Å². The maximum Gasteiger partial charge on any atom is 0.319 e. The minimum Gasteiger partial charge on any atom is -0.325 e. The summed E-state index contributed by atoms with van der Waals surface area (Å²) in [6.07, 6.45) is 8.09. The van der Waals surface area contributed by atoms with E-state index in [1.54, 1.807) is 0 Å². The highest BCUT2D eigenvalue weighted by atomic mass is 32.5. The van der Waals surface area contributed by atoms with Gasteiger partial charge in [-0.2, -0.15) is 0 Å². The van der Waals surface area contributed by atoms with Gasteiger partial charge in [0.05, 0.1) is 0 Å². The predicted molar refractivity (Wildman–Crippen MR) is 82.1 cm³/mol. The number of rotatable bonds is 9. The van der Waals surface area contributed by atoms with E-state index in [1.807, 2.05) is 0 Å². The lowest BCUT2D eigenvalue weighted by Crippen LogP contribution is -2.27. The Morgan fingerprint density at radius 1 is 0.778 bits per heavy atom. The van der Waals surface area contributed by atoms with Crippen molar-refractivity contribution in [3.8, 4) is 0 Å². The van der Waals surface area contributed by atoms with Crippen molar-refractivity contribution in [1.29, 1.82) is 0 Å². The van der Waals surface area contributed by atoms with Gasteiger partial charge in [0.25, 0.3) is 0 Å². The molecule has 0 saturated heterocycles. The van der Waals surface area contributed by atoms with Gasteiger partial charge in [0.1, 0.15) is 0 Å². The molecule has 6 heteroatoms. The van der Waals surface area contributed by atoms with Gasteiger partial charge < -0.3 is 19.6 Å². The van der Waals surface area contributed by atoms with E-state index in [2.05, 4.69) is 37.5 Å². The number of hydrogen-bond donors (Lipinski definition) is 3. The van der Waals surface area contributed by atoms with E-state index >= 15 is 0 Å². The van der Waals surface area contributed by atoms with Crippen molar-refractivity contribution in [2.45, 2.75) is 59.3 Å². The summed E-state index contributed by atoms with van der Waals surface area (Å²) in [6.45, 7) is 6.97. The smallest absolute Gasteiger partial charge is 0.319 e. The minimum absolute atomic E-state index is 1.32. The maximum atomic E-state index is 7.56. The van der Waals surface area contributed by atoms with Crippen LogP contribution in [0.2, 0.25) is 0 Å². The van der Waals surface area contributed by atoms with Crippen LogP contribution >= 0.6 is 6.72 Å². The summed E-state index contributed by atoms with van der Waals surface area (Å²) in [6, 6.07) is 0. The Hall–Kier alpha value is 0.490. The van der Waals surface area contributed by atoms with Gasteiger partial charge >= 0.3 is 6.72 Å². The molecular formula is C12H30NO3PS. The van der Waals surface area contributed by atoms with Crippen LogP contribution in [0.15, 0.2) is 0 Å². The van der Waals surface area contributed by atoms with Crippen molar-refractivity contribution in [2.24, 2.45) is 0 Å². The van der Waals surface area contributed by atoms with E-state index in [4.69, 9.17) is 14.7 Å². The second-order valence-electron chi connectivity index (χ2n) is 4.42. The summed E-state index contributed by atoms with van der Waals surface area (Å²) in [4.78, 5) is 25.3. The normalized spacial score (nSPS) is 11.3. The summed E-state index contributed by atoms with van der Waals surface area (Å²) in [5, 5.41) is 0. The fourth-order valence-corrected chi connectivity index (χ4v) is 1.48. The zero-order valence-electron chi connectivity index (χ0n) is 12.0. The summed E-state index contributed by atoms with van der Waals surface area (Å²) in [7, 11) is 0. The lowest BCUT2D eigenvalue weighted by molar-refractivity contribution is 0.261. The first-order valence-electron chi connectivity index (χ1n) is 6.85. The summed E-state index contributed by atoms with van der Waals surface area (Å²) >= 11 is 3.60. The lowest BCUT2D eigenvalue weighted by Gasteiger charge is -2.21. The Balaban J connectivity index is 0. The molecule has 18 heavy (non-hydrogen) atoms. The Kier molecular flexibility index (Phi) is 16.1. The van der Waals surface area contributed by atoms with Gasteiger partial charge in [-0.25, -0.2) is 0 Å². The van der Waals surface area contributed by atoms with Gasteiger partial charge in [0.2, 0.25) is 0 Å². The highest BCUT2D eigenvalue weighted by Crippen LogP contribution is 2.26. The molecule has 0 aliphatic rings. The molecule has 0 rings (SSSR count). The van der Waals surface area contributed by atoms with Crippen molar-refractivity contribution in [2.75, 3.05) is 19.6 Å². The summed E-state index contributed by atoms with van der Waals surface area (Å²) in [5.41, 5.74) is 0. The van der Waals surface area contributed by atoms with Crippen LogP contribution in [0, 0.1) is 0 Å². The molecule has 112 valence electrons. The first-order valence-corrected chi connectivity index (χ1v) is 9.51. The molecule has 0 unspecified atom stereocenters. The average Bonchev–Trinajstić information content (AvgIpc) is 2.26. The van der Waals surface area contributed by atoms with E-state index in [0.717, 1.165) is 0 Å². The minimum atomic E-state index is -3.81. The first kappa shape index (κ1) is 20.8. The lowest BCUT2D eigenvalue weighted by atomic mass is 10.2. The van der Waals surface area contributed by atoms with E-state index in [-0.39, 0.29) is 0 Å². The third kappa shape index (κ3) is 25.4. The van der Waals surface area contributed by atoms with Gasteiger partial charge in [-0.05, 0) is 50.7 Å². The number of unbranched alkanes of at least 4 members (excludes halogenated alkanes) is 3. The topological polar surface area (TPSA) is 63.9 Å². The fourth-order valence-electron chi connectivity index (χ4n) is 1.48. The zero-order valence-corrected chi connectivity index (χ0v) is 13.7. The monoisotopic (exact) mass is 299 g/mol. The van der Waals surface area contributed by atoms with Gasteiger partial charge in [-0.1, -0.05) is 40.0 Å². The Bertz CT molecular complexity index is 184. The molecule has 0 aliphatic heterocycles. The van der Waals surface area contributed by atoms with Crippen molar-refractivity contribution in [3.63, 3.8) is 0 Å². The molecule has 0 spiro atoms. The highest BCUT2D eigenvalue weighted by Gasteiger charge is 2.01. The van der Waals surface area contributed by atoms with E-state index in [0.29, 0.717) is 0 Å². The average molecular weight is 299 g/mol. The fraction of sp³-hybridized carbons (Fsp3) is 1.00. The maximum absolute atomic E-state index is 7.56. The Morgan fingerprint density at radius 2 is 1.00 bits per heavy atom. The third-order valence-corrected chi connectivity index (χ3v) is 2.48. The van der Waals surface area contributed by atoms with Gasteiger partial charge in [0.15, 0.2) is 0 Å². The molecule has 4 nitrogen and oxygen atoms in total. The molecular weight excluding hydrogens is 269 g/mol. The van der Waals surface area contributed by atoms with Crippen molar-refractivity contribution in [1.82, 2.24) is 4.90 Å². The van der Waals surface area contributed by atoms with Gasteiger partial charge in [0, 0.05) is 0 Å². The summed E-state index contributed by atoms with van der Waals surface area (Å²) in [5.74, 6) is 0. The predicted octanol–water partition coefficient (Wildman–Crippen LogP) is 2.88. The molecule has 0 saturated carbocycles.